The van der Waals surface area contributed by atoms with Crippen LogP contribution in [0.4, 0.5) is 39.5 Å². The third kappa shape index (κ3) is 4.00. The Morgan fingerprint density at radius 1 is 0.552 bits per heavy atom. The Kier molecular flexibility index (Phi) is 6.14. The predicted molar refractivity (Wildman–Crippen MR) is 75.4 cm³/mol. The standard InChI is InChI=1S/C17H5F9O3/c18-6-3-5(10(19)14(23)11(6)20)7(28)1-4(27)2-8(29)9-12(21)15(24)17(26)16(25)13(9)22/h3H,1-2H2. The molecule has 2 aromatic carbocycles. The van der Waals surface area contributed by atoms with E-state index >= 15 is 0 Å². The summed E-state index contributed by atoms with van der Waals surface area (Å²) in [5.41, 5.74) is -3.33. The Bertz CT molecular complexity index is 1030. The molecule has 0 amide bonds. The lowest BCUT2D eigenvalue weighted by Crippen LogP contribution is -2.18. The van der Waals surface area contributed by atoms with Gasteiger partial charge in [-0.05, 0) is 6.07 Å². The van der Waals surface area contributed by atoms with Crippen molar-refractivity contribution in [3.05, 3.63) is 69.5 Å². The fourth-order valence-corrected chi connectivity index (χ4v) is 2.23. The molecule has 0 aliphatic heterocycles. The first-order chi connectivity index (χ1) is 13.4. The number of ketones is 3. The first-order valence-electron chi connectivity index (χ1n) is 7.30. The number of benzene rings is 2. The largest absolute Gasteiger partial charge is 0.299 e. The highest BCUT2D eigenvalue weighted by Gasteiger charge is 2.31. The topological polar surface area (TPSA) is 51.2 Å². The molecule has 154 valence electrons. The zero-order chi connectivity index (χ0) is 22.2. The van der Waals surface area contributed by atoms with Gasteiger partial charge in [-0.2, -0.15) is 0 Å². The molecule has 0 unspecified atom stereocenters. The van der Waals surface area contributed by atoms with E-state index in [0.717, 1.165) is 0 Å². The van der Waals surface area contributed by atoms with Gasteiger partial charge in [0.15, 0.2) is 58.1 Å². The summed E-state index contributed by atoms with van der Waals surface area (Å²) in [5, 5.41) is 0. The van der Waals surface area contributed by atoms with Crippen molar-refractivity contribution >= 4 is 17.3 Å². The third-order valence-electron chi connectivity index (χ3n) is 3.61. The van der Waals surface area contributed by atoms with Crippen LogP contribution in [0.5, 0.6) is 0 Å². The molecule has 0 spiro atoms. The molecule has 2 rings (SSSR count). The van der Waals surface area contributed by atoms with Crippen molar-refractivity contribution < 1.29 is 53.9 Å². The third-order valence-corrected chi connectivity index (χ3v) is 3.61. The van der Waals surface area contributed by atoms with Crippen molar-refractivity contribution in [2.75, 3.05) is 0 Å². The number of rotatable bonds is 6. The maximum atomic E-state index is 13.5. The van der Waals surface area contributed by atoms with E-state index in [1.165, 1.54) is 0 Å². The van der Waals surface area contributed by atoms with Crippen molar-refractivity contribution in [2.24, 2.45) is 0 Å². The summed E-state index contributed by atoms with van der Waals surface area (Å²) in [5.74, 6) is -26.2. The summed E-state index contributed by atoms with van der Waals surface area (Å²) in [6, 6.07) is -0.0603. The molecule has 0 aromatic heterocycles. The molecule has 29 heavy (non-hydrogen) atoms. The normalized spacial score (nSPS) is 10.9. The van der Waals surface area contributed by atoms with E-state index in [1.54, 1.807) is 0 Å². The van der Waals surface area contributed by atoms with Crippen LogP contribution in [-0.2, 0) is 4.79 Å². The van der Waals surface area contributed by atoms with Gasteiger partial charge in [-0.1, -0.05) is 0 Å². The molecule has 0 fully saturated rings. The second-order valence-corrected chi connectivity index (χ2v) is 5.53. The first-order valence-corrected chi connectivity index (χ1v) is 7.30. The van der Waals surface area contributed by atoms with Crippen molar-refractivity contribution in [3.8, 4) is 0 Å². The van der Waals surface area contributed by atoms with Crippen LogP contribution in [0.3, 0.4) is 0 Å². The van der Waals surface area contributed by atoms with Crippen LogP contribution in [0.1, 0.15) is 33.6 Å². The Balaban J connectivity index is 2.25. The van der Waals surface area contributed by atoms with E-state index in [0.29, 0.717) is 0 Å². The van der Waals surface area contributed by atoms with Crippen LogP contribution in [0, 0.1) is 52.4 Å². The highest BCUT2D eigenvalue weighted by molar-refractivity contribution is 6.15. The summed E-state index contributed by atoms with van der Waals surface area (Å²) in [4.78, 5) is 35.2. The van der Waals surface area contributed by atoms with Crippen molar-refractivity contribution in [2.45, 2.75) is 12.8 Å². The number of Topliss-reactive ketones (excluding diaryl/α,β-unsaturated/α-hetero) is 3. The second-order valence-electron chi connectivity index (χ2n) is 5.53. The average molecular weight is 428 g/mol. The highest BCUT2D eigenvalue weighted by atomic mass is 19.2. The molecule has 0 aliphatic rings. The van der Waals surface area contributed by atoms with Gasteiger partial charge in [0.25, 0.3) is 0 Å². The predicted octanol–water partition coefficient (Wildman–Crippen LogP) is 4.35. The Morgan fingerprint density at radius 2 is 0.966 bits per heavy atom. The SMILES string of the molecule is O=C(CC(=O)c1cc(F)c(F)c(F)c1F)CC(=O)c1c(F)c(F)c(F)c(F)c1F. The average Bonchev–Trinajstić information content (AvgIpc) is 2.65. The van der Waals surface area contributed by atoms with E-state index in [9.17, 15) is 53.9 Å². The molecular formula is C17H5F9O3. The van der Waals surface area contributed by atoms with Gasteiger partial charge in [0, 0.05) is 0 Å². The molecule has 0 saturated carbocycles. The Labute approximate surface area is 154 Å². The summed E-state index contributed by atoms with van der Waals surface area (Å²) >= 11 is 0. The van der Waals surface area contributed by atoms with Gasteiger partial charge in [-0.15, -0.1) is 0 Å². The molecule has 12 heteroatoms. The molecule has 0 radical (unpaired) electrons. The quantitative estimate of drug-likeness (QED) is 0.226. The van der Waals surface area contributed by atoms with E-state index in [4.69, 9.17) is 0 Å². The summed E-state index contributed by atoms with van der Waals surface area (Å²) in [6.45, 7) is 0. The molecule has 0 atom stereocenters. The van der Waals surface area contributed by atoms with Crippen molar-refractivity contribution in [3.63, 3.8) is 0 Å². The maximum absolute atomic E-state index is 13.5. The smallest absolute Gasteiger partial charge is 0.200 e. The van der Waals surface area contributed by atoms with E-state index < -0.39 is 93.7 Å². The molecule has 0 aliphatic carbocycles. The Morgan fingerprint density at radius 3 is 1.48 bits per heavy atom. The zero-order valence-electron chi connectivity index (χ0n) is 13.6. The fourth-order valence-electron chi connectivity index (χ4n) is 2.23. The van der Waals surface area contributed by atoms with Crippen LogP contribution in [0.15, 0.2) is 6.07 Å². The number of carbonyl (C=O) groups is 3. The molecule has 2 aromatic rings. The first kappa shape index (κ1) is 22.1. The number of carbonyl (C=O) groups excluding carboxylic acids is 3. The van der Waals surface area contributed by atoms with E-state index in [1.807, 2.05) is 0 Å². The zero-order valence-corrected chi connectivity index (χ0v) is 13.6. The number of hydrogen-bond donors (Lipinski definition) is 0. The van der Waals surface area contributed by atoms with Gasteiger partial charge in [-0.25, -0.2) is 39.5 Å². The van der Waals surface area contributed by atoms with Gasteiger partial charge in [0.05, 0.1) is 24.0 Å². The minimum absolute atomic E-state index is 0.0603. The summed E-state index contributed by atoms with van der Waals surface area (Å²) in [7, 11) is 0. The molecule has 0 bridgehead atoms. The lowest BCUT2D eigenvalue weighted by molar-refractivity contribution is -0.117. The fraction of sp³-hybridized carbons (Fsp3) is 0.118. The van der Waals surface area contributed by atoms with Crippen LogP contribution in [-0.4, -0.2) is 17.3 Å². The van der Waals surface area contributed by atoms with Crippen LogP contribution < -0.4 is 0 Å². The monoisotopic (exact) mass is 428 g/mol. The van der Waals surface area contributed by atoms with Gasteiger partial charge in [0.2, 0.25) is 5.82 Å². The molecule has 0 heterocycles. The van der Waals surface area contributed by atoms with Crippen molar-refractivity contribution in [1.82, 2.24) is 0 Å². The number of halogens is 9. The van der Waals surface area contributed by atoms with Gasteiger partial charge < -0.3 is 0 Å². The molecule has 0 N–H and O–H groups in total. The minimum atomic E-state index is -2.55. The lowest BCUT2D eigenvalue weighted by atomic mass is 9.99. The second kappa shape index (κ2) is 8.05. The minimum Gasteiger partial charge on any atom is -0.299 e. The molecular weight excluding hydrogens is 423 g/mol. The molecule has 3 nitrogen and oxygen atoms in total. The van der Waals surface area contributed by atoms with Crippen LogP contribution in [0.2, 0.25) is 0 Å². The van der Waals surface area contributed by atoms with Gasteiger partial charge >= 0.3 is 0 Å². The van der Waals surface area contributed by atoms with Crippen LogP contribution in [0.25, 0.3) is 0 Å². The highest BCUT2D eigenvalue weighted by Crippen LogP contribution is 2.25. The van der Waals surface area contributed by atoms with Gasteiger partial charge in [-0.3, -0.25) is 14.4 Å². The maximum Gasteiger partial charge on any atom is 0.200 e. The summed E-state index contributed by atoms with van der Waals surface area (Å²) in [6.07, 6.45) is -3.00. The van der Waals surface area contributed by atoms with Crippen LogP contribution >= 0.6 is 0 Å². The lowest BCUT2D eigenvalue weighted by Gasteiger charge is -2.07. The molecule has 0 saturated heterocycles. The van der Waals surface area contributed by atoms with E-state index in [2.05, 4.69) is 0 Å². The van der Waals surface area contributed by atoms with Crippen molar-refractivity contribution in [1.29, 1.82) is 0 Å². The summed E-state index contributed by atoms with van der Waals surface area (Å²) < 4.78 is 119. The number of hydrogen-bond acceptors (Lipinski definition) is 3. The Hall–Kier alpha value is -3.18. The van der Waals surface area contributed by atoms with Gasteiger partial charge in [0.1, 0.15) is 5.78 Å². The van der Waals surface area contributed by atoms with E-state index in [-0.39, 0.29) is 6.07 Å².